The average Bonchev–Trinajstić information content (AvgIpc) is 2.98. The first-order valence-corrected chi connectivity index (χ1v) is 7.20. The van der Waals surface area contributed by atoms with E-state index in [4.69, 9.17) is 4.74 Å². The van der Waals surface area contributed by atoms with Crippen LogP contribution in [0.4, 0.5) is 0 Å². The van der Waals surface area contributed by atoms with Crippen LogP contribution < -0.4 is 5.32 Å². The molecule has 2 rings (SSSR count). The molecule has 0 aromatic rings. The Kier molecular flexibility index (Phi) is 4.83. The van der Waals surface area contributed by atoms with Crippen LogP contribution in [0, 0.1) is 5.92 Å². The van der Waals surface area contributed by atoms with Gasteiger partial charge in [0.2, 0.25) is 0 Å². The van der Waals surface area contributed by atoms with Crippen molar-refractivity contribution >= 4 is 0 Å². The van der Waals surface area contributed by atoms with Crippen molar-refractivity contribution in [3.8, 4) is 0 Å². The Labute approximate surface area is 106 Å². The number of hydrogen-bond donors (Lipinski definition) is 1. The van der Waals surface area contributed by atoms with Crippen LogP contribution in [-0.4, -0.2) is 49.8 Å². The molecule has 100 valence electrons. The maximum absolute atomic E-state index is 5.42. The SMILES string of the molecule is COCC(CNC1CC1)N1CCCC1C(C)C. The van der Waals surface area contributed by atoms with Gasteiger partial charge >= 0.3 is 0 Å². The highest BCUT2D eigenvalue weighted by atomic mass is 16.5. The highest BCUT2D eigenvalue weighted by molar-refractivity contribution is 4.90. The van der Waals surface area contributed by atoms with Gasteiger partial charge in [0.1, 0.15) is 0 Å². The molecule has 0 bridgehead atoms. The van der Waals surface area contributed by atoms with Crippen LogP contribution in [0.3, 0.4) is 0 Å². The third-order valence-corrected chi connectivity index (χ3v) is 4.16. The fourth-order valence-corrected chi connectivity index (χ4v) is 3.04. The van der Waals surface area contributed by atoms with E-state index in [-0.39, 0.29) is 0 Å². The van der Waals surface area contributed by atoms with Crippen molar-refractivity contribution < 1.29 is 4.74 Å². The molecule has 3 heteroatoms. The van der Waals surface area contributed by atoms with Crippen molar-refractivity contribution in [3.05, 3.63) is 0 Å². The average molecular weight is 240 g/mol. The molecule has 1 heterocycles. The lowest BCUT2D eigenvalue weighted by atomic mass is 10.0. The molecule has 1 aliphatic heterocycles. The lowest BCUT2D eigenvalue weighted by molar-refractivity contribution is 0.0681. The molecule has 0 radical (unpaired) electrons. The second-order valence-corrected chi connectivity index (χ2v) is 5.98. The molecule has 1 saturated heterocycles. The van der Waals surface area contributed by atoms with Gasteiger partial charge in [-0.15, -0.1) is 0 Å². The van der Waals surface area contributed by atoms with Crippen molar-refractivity contribution in [3.63, 3.8) is 0 Å². The second-order valence-electron chi connectivity index (χ2n) is 5.98. The minimum absolute atomic E-state index is 0.565. The van der Waals surface area contributed by atoms with Crippen LogP contribution >= 0.6 is 0 Å². The van der Waals surface area contributed by atoms with E-state index in [1.807, 2.05) is 7.11 Å². The number of nitrogens with one attached hydrogen (secondary N) is 1. The zero-order chi connectivity index (χ0) is 12.3. The summed E-state index contributed by atoms with van der Waals surface area (Å²) in [6.07, 6.45) is 5.45. The van der Waals surface area contributed by atoms with E-state index in [2.05, 4.69) is 24.1 Å². The molecule has 1 saturated carbocycles. The summed E-state index contributed by atoms with van der Waals surface area (Å²) in [5, 5.41) is 3.66. The van der Waals surface area contributed by atoms with Crippen molar-refractivity contribution in [2.75, 3.05) is 26.8 Å². The fraction of sp³-hybridized carbons (Fsp3) is 1.00. The molecule has 0 aromatic carbocycles. The number of likely N-dealkylation sites (tertiary alicyclic amines) is 1. The fourth-order valence-electron chi connectivity index (χ4n) is 3.04. The number of hydrogen-bond acceptors (Lipinski definition) is 3. The molecule has 0 amide bonds. The molecule has 0 spiro atoms. The van der Waals surface area contributed by atoms with Gasteiger partial charge in [-0.3, -0.25) is 4.90 Å². The molecule has 2 fully saturated rings. The summed E-state index contributed by atoms with van der Waals surface area (Å²) in [5.41, 5.74) is 0. The van der Waals surface area contributed by atoms with Gasteiger partial charge in [0.25, 0.3) is 0 Å². The van der Waals surface area contributed by atoms with E-state index in [1.54, 1.807) is 0 Å². The van der Waals surface area contributed by atoms with Crippen molar-refractivity contribution in [2.45, 2.75) is 57.7 Å². The quantitative estimate of drug-likeness (QED) is 0.735. The van der Waals surface area contributed by atoms with Gasteiger partial charge in [-0.1, -0.05) is 13.8 Å². The maximum atomic E-state index is 5.42. The first-order valence-electron chi connectivity index (χ1n) is 7.20. The Morgan fingerprint density at radius 3 is 2.65 bits per heavy atom. The maximum Gasteiger partial charge on any atom is 0.0630 e. The zero-order valence-corrected chi connectivity index (χ0v) is 11.6. The predicted octanol–water partition coefficient (Wildman–Crippen LogP) is 1.87. The largest absolute Gasteiger partial charge is 0.383 e. The third-order valence-electron chi connectivity index (χ3n) is 4.16. The first kappa shape index (κ1) is 13.3. The lowest BCUT2D eigenvalue weighted by Gasteiger charge is -2.35. The molecule has 2 aliphatic rings. The summed E-state index contributed by atoms with van der Waals surface area (Å²) >= 11 is 0. The molecule has 17 heavy (non-hydrogen) atoms. The topological polar surface area (TPSA) is 24.5 Å². The highest BCUT2D eigenvalue weighted by Gasteiger charge is 2.33. The van der Waals surface area contributed by atoms with E-state index < -0.39 is 0 Å². The summed E-state index contributed by atoms with van der Waals surface area (Å²) in [6.45, 7) is 7.91. The summed E-state index contributed by atoms with van der Waals surface area (Å²) < 4.78 is 5.42. The predicted molar refractivity (Wildman–Crippen MR) is 71.3 cm³/mol. The van der Waals surface area contributed by atoms with Gasteiger partial charge in [-0.2, -0.15) is 0 Å². The third kappa shape index (κ3) is 3.67. The van der Waals surface area contributed by atoms with E-state index in [0.29, 0.717) is 6.04 Å². The van der Waals surface area contributed by atoms with Gasteiger partial charge in [0.05, 0.1) is 6.61 Å². The molecule has 2 unspecified atom stereocenters. The van der Waals surface area contributed by atoms with Crippen molar-refractivity contribution in [1.29, 1.82) is 0 Å². The second kappa shape index (κ2) is 6.17. The molecule has 2 atom stereocenters. The molecule has 3 nitrogen and oxygen atoms in total. The van der Waals surface area contributed by atoms with Crippen LogP contribution in [0.5, 0.6) is 0 Å². The van der Waals surface area contributed by atoms with Crippen LogP contribution in [-0.2, 0) is 4.74 Å². The summed E-state index contributed by atoms with van der Waals surface area (Å²) in [5.74, 6) is 0.762. The van der Waals surface area contributed by atoms with Crippen molar-refractivity contribution in [2.24, 2.45) is 5.92 Å². The molecule has 1 aliphatic carbocycles. The number of ether oxygens (including phenoxy) is 1. The van der Waals surface area contributed by atoms with Gasteiger partial charge in [0.15, 0.2) is 0 Å². The van der Waals surface area contributed by atoms with Crippen LogP contribution in [0.15, 0.2) is 0 Å². The van der Waals surface area contributed by atoms with Gasteiger partial charge < -0.3 is 10.1 Å². The molecule has 1 N–H and O–H groups in total. The lowest BCUT2D eigenvalue weighted by Crippen LogP contribution is -2.49. The van der Waals surface area contributed by atoms with Gasteiger partial charge in [-0.05, 0) is 38.1 Å². The monoisotopic (exact) mass is 240 g/mol. The summed E-state index contributed by atoms with van der Waals surface area (Å²) in [7, 11) is 1.82. The minimum atomic E-state index is 0.565. The first-order chi connectivity index (χ1) is 8.22. The Hall–Kier alpha value is -0.120. The van der Waals surface area contributed by atoms with E-state index in [9.17, 15) is 0 Å². The van der Waals surface area contributed by atoms with E-state index in [0.717, 1.165) is 31.2 Å². The Bertz CT molecular complexity index is 228. The van der Waals surface area contributed by atoms with Crippen LogP contribution in [0.2, 0.25) is 0 Å². The summed E-state index contributed by atoms with van der Waals surface area (Å²) in [4.78, 5) is 2.68. The normalized spacial score (nSPS) is 27.9. The summed E-state index contributed by atoms with van der Waals surface area (Å²) in [6, 6.07) is 2.13. The van der Waals surface area contributed by atoms with Gasteiger partial charge in [0, 0.05) is 31.8 Å². The number of nitrogens with zero attached hydrogens (tertiary/aromatic N) is 1. The minimum Gasteiger partial charge on any atom is -0.383 e. The Morgan fingerprint density at radius 2 is 2.06 bits per heavy atom. The Balaban J connectivity index is 1.87. The van der Waals surface area contributed by atoms with Crippen LogP contribution in [0.1, 0.15) is 39.5 Å². The molecular formula is C14H28N2O. The zero-order valence-electron chi connectivity index (χ0n) is 11.6. The van der Waals surface area contributed by atoms with E-state index >= 15 is 0 Å². The van der Waals surface area contributed by atoms with Crippen molar-refractivity contribution in [1.82, 2.24) is 10.2 Å². The van der Waals surface area contributed by atoms with E-state index in [1.165, 1.54) is 32.2 Å². The highest BCUT2D eigenvalue weighted by Crippen LogP contribution is 2.26. The number of rotatable bonds is 7. The number of methoxy groups -OCH3 is 1. The molecule has 0 aromatic heterocycles. The smallest absolute Gasteiger partial charge is 0.0630 e. The standard InChI is InChI=1S/C14H28N2O/c1-11(2)14-5-4-8-16(14)13(10-17-3)9-15-12-6-7-12/h11-15H,4-10H2,1-3H3. The molecular weight excluding hydrogens is 212 g/mol. The van der Waals surface area contributed by atoms with Crippen LogP contribution in [0.25, 0.3) is 0 Å². The Morgan fingerprint density at radius 1 is 1.29 bits per heavy atom. The van der Waals surface area contributed by atoms with Gasteiger partial charge in [-0.25, -0.2) is 0 Å².